The first-order valence-electron chi connectivity index (χ1n) is 8.86. The number of nitrogens with zero attached hydrogens (tertiary/aromatic N) is 2. The summed E-state index contributed by atoms with van der Waals surface area (Å²) in [6.45, 7) is 3.41. The molecule has 1 aromatic carbocycles. The number of ether oxygens (including phenoxy) is 1. The molecule has 0 spiro atoms. The van der Waals surface area contributed by atoms with Crippen LogP contribution in [0, 0.1) is 25.2 Å². The van der Waals surface area contributed by atoms with E-state index in [9.17, 15) is 14.9 Å². The maximum absolute atomic E-state index is 12.4. The Morgan fingerprint density at radius 2 is 2.00 bits per heavy atom. The number of carbonyl (C=O) groups is 2. The van der Waals surface area contributed by atoms with E-state index in [0.29, 0.717) is 23.7 Å². The molecule has 0 saturated heterocycles. The van der Waals surface area contributed by atoms with E-state index in [1.807, 2.05) is 6.92 Å². The summed E-state index contributed by atoms with van der Waals surface area (Å²) in [5.74, 6) is -0.409. The molecule has 1 N–H and O–H groups in total. The standard InChI is InChI=1S/C21H17Cl2N3O4/c1-12-13(2)26(10-14-5-4-8-29-14)20(16(12)9-24)25-18(27)11-30-21(28)15-6-3-7-17(22)19(15)23/h3-8H,10-11H2,1-2H3,(H,25,27). The number of benzene rings is 1. The van der Waals surface area contributed by atoms with Gasteiger partial charge in [-0.15, -0.1) is 0 Å². The second-order valence-corrected chi connectivity index (χ2v) is 7.22. The van der Waals surface area contributed by atoms with Crippen LogP contribution in [0.15, 0.2) is 41.0 Å². The molecule has 1 amide bonds. The van der Waals surface area contributed by atoms with Crippen molar-refractivity contribution in [2.75, 3.05) is 11.9 Å². The van der Waals surface area contributed by atoms with Gasteiger partial charge in [0.15, 0.2) is 6.61 Å². The predicted molar refractivity (Wildman–Crippen MR) is 112 cm³/mol. The number of furan rings is 1. The lowest BCUT2D eigenvalue weighted by molar-refractivity contribution is -0.119. The average molecular weight is 446 g/mol. The molecule has 7 nitrogen and oxygen atoms in total. The average Bonchev–Trinajstić information content (AvgIpc) is 3.31. The van der Waals surface area contributed by atoms with Crippen LogP contribution in [0.4, 0.5) is 5.82 Å². The fourth-order valence-electron chi connectivity index (χ4n) is 2.92. The molecule has 0 aliphatic heterocycles. The summed E-state index contributed by atoms with van der Waals surface area (Å²) in [6, 6.07) is 10.2. The number of nitriles is 1. The Hall–Kier alpha value is -3.21. The van der Waals surface area contributed by atoms with Crippen LogP contribution in [-0.4, -0.2) is 23.1 Å². The minimum absolute atomic E-state index is 0.0508. The summed E-state index contributed by atoms with van der Waals surface area (Å²) < 4.78 is 12.2. The molecule has 0 bridgehead atoms. The van der Waals surface area contributed by atoms with Crippen molar-refractivity contribution in [2.24, 2.45) is 0 Å². The van der Waals surface area contributed by atoms with Crippen molar-refractivity contribution in [3.63, 3.8) is 0 Å². The van der Waals surface area contributed by atoms with Crippen LogP contribution in [0.1, 0.15) is 32.9 Å². The van der Waals surface area contributed by atoms with Gasteiger partial charge in [-0.25, -0.2) is 4.79 Å². The molecule has 0 aliphatic rings. The molecule has 0 saturated carbocycles. The highest BCUT2D eigenvalue weighted by molar-refractivity contribution is 6.43. The third kappa shape index (κ3) is 4.35. The molecule has 2 aromatic heterocycles. The van der Waals surface area contributed by atoms with Crippen molar-refractivity contribution in [3.05, 3.63) is 74.8 Å². The van der Waals surface area contributed by atoms with Crippen LogP contribution in [0.5, 0.6) is 0 Å². The van der Waals surface area contributed by atoms with E-state index in [1.54, 1.807) is 36.0 Å². The number of hydrogen-bond acceptors (Lipinski definition) is 5. The van der Waals surface area contributed by atoms with Gasteiger partial charge in [0.25, 0.3) is 5.91 Å². The third-order valence-electron chi connectivity index (χ3n) is 4.60. The van der Waals surface area contributed by atoms with Crippen molar-refractivity contribution in [2.45, 2.75) is 20.4 Å². The van der Waals surface area contributed by atoms with E-state index in [4.69, 9.17) is 32.4 Å². The SMILES string of the molecule is Cc1c(C#N)c(NC(=O)COC(=O)c2cccc(Cl)c2Cl)n(Cc2ccco2)c1C. The van der Waals surface area contributed by atoms with E-state index in [0.717, 1.165) is 11.3 Å². The van der Waals surface area contributed by atoms with E-state index in [1.165, 1.54) is 12.1 Å². The minimum atomic E-state index is -0.781. The van der Waals surface area contributed by atoms with E-state index < -0.39 is 18.5 Å². The Labute approximate surface area is 182 Å². The lowest BCUT2D eigenvalue weighted by Crippen LogP contribution is -2.23. The Bertz CT molecular complexity index is 1140. The molecule has 0 aliphatic carbocycles. The maximum Gasteiger partial charge on any atom is 0.340 e. The number of nitrogens with one attached hydrogen (secondary N) is 1. The highest BCUT2D eigenvalue weighted by Gasteiger charge is 2.21. The first-order valence-corrected chi connectivity index (χ1v) is 9.62. The second-order valence-electron chi connectivity index (χ2n) is 6.44. The molecule has 2 heterocycles. The van der Waals surface area contributed by atoms with Gasteiger partial charge in [0.05, 0.1) is 34.0 Å². The third-order valence-corrected chi connectivity index (χ3v) is 5.42. The first-order chi connectivity index (χ1) is 14.3. The number of esters is 1. The van der Waals surface area contributed by atoms with Crippen LogP contribution in [0.25, 0.3) is 0 Å². The zero-order chi connectivity index (χ0) is 21.8. The largest absolute Gasteiger partial charge is 0.467 e. The fourth-order valence-corrected chi connectivity index (χ4v) is 3.30. The van der Waals surface area contributed by atoms with Gasteiger partial charge in [-0.1, -0.05) is 29.3 Å². The lowest BCUT2D eigenvalue weighted by Gasteiger charge is -2.12. The van der Waals surface area contributed by atoms with Gasteiger partial charge in [-0.05, 0) is 43.7 Å². The summed E-state index contributed by atoms with van der Waals surface area (Å²) in [5.41, 5.74) is 1.93. The molecule has 0 atom stereocenters. The molecule has 0 radical (unpaired) electrons. The quantitative estimate of drug-likeness (QED) is 0.553. The van der Waals surface area contributed by atoms with Gasteiger partial charge in [0.2, 0.25) is 0 Å². The van der Waals surface area contributed by atoms with E-state index in [-0.39, 0.29) is 15.6 Å². The summed E-state index contributed by atoms with van der Waals surface area (Å²) >= 11 is 11.9. The number of halogens is 2. The van der Waals surface area contributed by atoms with Crippen molar-refractivity contribution in [3.8, 4) is 6.07 Å². The van der Waals surface area contributed by atoms with Gasteiger partial charge in [0.1, 0.15) is 17.6 Å². The number of hydrogen-bond donors (Lipinski definition) is 1. The van der Waals surface area contributed by atoms with Crippen molar-refractivity contribution >= 4 is 40.9 Å². The number of rotatable bonds is 6. The molecule has 0 fully saturated rings. The van der Waals surface area contributed by atoms with Crippen LogP contribution < -0.4 is 5.32 Å². The fraction of sp³-hybridized carbons (Fsp3) is 0.190. The van der Waals surface area contributed by atoms with E-state index in [2.05, 4.69) is 11.4 Å². The highest BCUT2D eigenvalue weighted by Crippen LogP contribution is 2.28. The first kappa shape index (κ1) is 21.5. The number of amides is 1. The molecule has 30 heavy (non-hydrogen) atoms. The maximum atomic E-state index is 12.4. The van der Waals surface area contributed by atoms with Crippen LogP contribution in [0.2, 0.25) is 10.0 Å². The van der Waals surface area contributed by atoms with Crippen molar-refractivity contribution < 1.29 is 18.7 Å². The Kier molecular flexibility index (Phi) is 6.50. The number of anilines is 1. The zero-order valence-corrected chi connectivity index (χ0v) is 17.7. The van der Waals surface area contributed by atoms with Gasteiger partial charge < -0.3 is 19.0 Å². The van der Waals surface area contributed by atoms with Gasteiger partial charge in [-0.2, -0.15) is 5.26 Å². The lowest BCUT2D eigenvalue weighted by atomic mass is 10.2. The second kappa shape index (κ2) is 9.08. The summed E-state index contributed by atoms with van der Waals surface area (Å²) in [7, 11) is 0. The van der Waals surface area contributed by atoms with Gasteiger partial charge in [0, 0.05) is 5.69 Å². The summed E-state index contributed by atoms with van der Waals surface area (Å²) in [5, 5.41) is 12.5. The van der Waals surface area contributed by atoms with Gasteiger partial charge >= 0.3 is 5.97 Å². The zero-order valence-electron chi connectivity index (χ0n) is 16.2. The minimum Gasteiger partial charge on any atom is -0.467 e. The highest BCUT2D eigenvalue weighted by atomic mass is 35.5. The number of aromatic nitrogens is 1. The Balaban J connectivity index is 1.76. The summed E-state index contributed by atoms with van der Waals surface area (Å²) in [6.07, 6.45) is 1.55. The van der Waals surface area contributed by atoms with Gasteiger partial charge in [-0.3, -0.25) is 4.79 Å². The topological polar surface area (TPSA) is 97.3 Å². The van der Waals surface area contributed by atoms with Crippen LogP contribution >= 0.6 is 23.2 Å². The molecule has 3 rings (SSSR count). The Morgan fingerprint density at radius 3 is 2.67 bits per heavy atom. The molecule has 3 aromatic rings. The van der Waals surface area contributed by atoms with Crippen LogP contribution in [0.3, 0.4) is 0 Å². The molecule has 154 valence electrons. The number of carbonyl (C=O) groups excluding carboxylic acids is 2. The molecular weight excluding hydrogens is 429 g/mol. The van der Waals surface area contributed by atoms with E-state index >= 15 is 0 Å². The molecular formula is C21H17Cl2N3O4. The molecule has 0 unspecified atom stereocenters. The molecule has 9 heteroatoms. The summed E-state index contributed by atoms with van der Waals surface area (Å²) in [4.78, 5) is 24.7. The normalized spacial score (nSPS) is 10.5. The smallest absolute Gasteiger partial charge is 0.340 e. The predicted octanol–water partition coefficient (Wildman–Crippen LogP) is 4.72. The van der Waals surface area contributed by atoms with Crippen LogP contribution in [-0.2, 0) is 16.1 Å². The Morgan fingerprint density at radius 1 is 1.23 bits per heavy atom. The van der Waals surface area contributed by atoms with Crippen molar-refractivity contribution in [1.29, 1.82) is 5.26 Å². The van der Waals surface area contributed by atoms with Crippen molar-refractivity contribution in [1.82, 2.24) is 4.57 Å². The monoisotopic (exact) mass is 445 g/mol.